The SMILES string of the molecule is CSC1(CNC(=O)NCC#Cc2ccccc2)CCOCC1. The molecule has 1 heterocycles. The van der Waals surface area contributed by atoms with Crippen LogP contribution in [0, 0.1) is 11.8 Å². The summed E-state index contributed by atoms with van der Waals surface area (Å²) in [7, 11) is 0. The summed E-state index contributed by atoms with van der Waals surface area (Å²) in [5.74, 6) is 5.96. The second-order valence-electron chi connectivity index (χ2n) is 5.20. The van der Waals surface area contributed by atoms with Gasteiger partial charge in [-0.25, -0.2) is 4.79 Å². The summed E-state index contributed by atoms with van der Waals surface area (Å²) in [6, 6.07) is 9.57. The van der Waals surface area contributed by atoms with E-state index in [1.165, 1.54) is 0 Å². The predicted molar refractivity (Wildman–Crippen MR) is 91.0 cm³/mol. The molecule has 0 aromatic heterocycles. The van der Waals surface area contributed by atoms with Crippen LogP contribution >= 0.6 is 11.8 Å². The predicted octanol–water partition coefficient (Wildman–Crippen LogP) is 2.25. The summed E-state index contributed by atoms with van der Waals surface area (Å²) < 4.78 is 5.50. The summed E-state index contributed by atoms with van der Waals surface area (Å²) in [5, 5.41) is 5.72. The van der Waals surface area contributed by atoms with Crippen LogP contribution in [0.1, 0.15) is 18.4 Å². The average molecular weight is 318 g/mol. The summed E-state index contributed by atoms with van der Waals surface area (Å²) in [6.07, 6.45) is 4.04. The van der Waals surface area contributed by atoms with E-state index in [-0.39, 0.29) is 10.8 Å². The molecule has 0 bridgehead atoms. The summed E-state index contributed by atoms with van der Waals surface area (Å²) in [6.45, 7) is 2.55. The van der Waals surface area contributed by atoms with Crippen molar-refractivity contribution < 1.29 is 9.53 Å². The van der Waals surface area contributed by atoms with Crippen LogP contribution in [0.4, 0.5) is 4.79 Å². The standard InChI is InChI=1S/C17H22N2O2S/c1-22-17(9-12-21-13-10-17)14-19-16(20)18-11-5-8-15-6-3-2-4-7-15/h2-4,6-7H,9-14H2,1H3,(H2,18,19,20). The quantitative estimate of drug-likeness (QED) is 0.837. The lowest BCUT2D eigenvalue weighted by atomic mass is 9.99. The monoisotopic (exact) mass is 318 g/mol. The lowest BCUT2D eigenvalue weighted by Crippen LogP contribution is -2.47. The molecule has 1 aromatic carbocycles. The molecule has 1 aliphatic rings. The molecule has 2 amide bonds. The van der Waals surface area contributed by atoms with Crippen LogP contribution in [0.15, 0.2) is 30.3 Å². The van der Waals surface area contributed by atoms with Crippen molar-refractivity contribution in [2.24, 2.45) is 0 Å². The number of carbonyl (C=O) groups is 1. The van der Waals surface area contributed by atoms with Crippen LogP contribution in [-0.2, 0) is 4.74 Å². The Kier molecular flexibility index (Phi) is 6.63. The number of ether oxygens (including phenoxy) is 1. The van der Waals surface area contributed by atoms with E-state index < -0.39 is 0 Å². The smallest absolute Gasteiger partial charge is 0.315 e. The summed E-state index contributed by atoms with van der Waals surface area (Å²) >= 11 is 1.81. The Morgan fingerprint density at radius 3 is 2.68 bits per heavy atom. The van der Waals surface area contributed by atoms with Crippen molar-refractivity contribution in [1.29, 1.82) is 0 Å². The van der Waals surface area contributed by atoms with Crippen molar-refractivity contribution in [3.8, 4) is 11.8 Å². The lowest BCUT2D eigenvalue weighted by molar-refractivity contribution is 0.0777. The highest BCUT2D eigenvalue weighted by Crippen LogP contribution is 2.32. The first-order valence-corrected chi connectivity index (χ1v) is 8.65. The van der Waals surface area contributed by atoms with E-state index in [9.17, 15) is 4.79 Å². The van der Waals surface area contributed by atoms with Gasteiger partial charge in [0.1, 0.15) is 0 Å². The molecular formula is C17H22N2O2S. The molecule has 1 aliphatic heterocycles. The van der Waals surface area contributed by atoms with Gasteiger partial charge >= 0.3 is 6.03 Å². The summed E-state index contributed by atoms with van der Waals surface area (Å²) in [4.78, 5) is 11.8. The van der Waals surface area contributed by atoms with Crippen molar-refractivity contribution >= 4 is 17.8 Å². The first-order valence-electron chi connectivity index (χ1n) is 7.43. The maximum atomic E-state index is 11.8. The van der Waals surface area contributed by atoms with Gasteiger partial charge in [0, 0.05) is 30.1 Å². The maximum Gasteiger partial charge on any atom is 0.315 e. The van der Waals surface area contributed by atoms with Crippen LogP contribution in [0.25, 0.3) is 0 Å². The van der Waals surface area contributed by atoms with Crippen molar-refractivity contribution in [3.63, 3.8) is 0 Å². The molecule has 0 atom stereocenters. The molecule has 0 radical (unpaired) electrons. The third-order valence-corrected chi connectivity index (χ3v) is 5.17. The average Bonchev–Trinajstić information content (AvgIpc) is 2.59. The molecule has 2 rings (SSSR count). The lowest BCUT2D eigenvalue weighted by Gasteiger charge is -2.35. The minimum atomic E-state index is -0.165. The molecular weight excluding hydrogens is 296 g/mol. The number of amides is 2. The highest BCUT2D eigenvalue weighted by Gasteiger charge is 2.31. The molecule has 0 saturated carbocycles. The van der Waals surface area contributed by atoms with Crippen LogP contribution in [-0.4, -0.2) is 43.3 Å². The number of hydrogen-bond acceptors (Lipinski definition) is 3. The second kappa shape index (κ2) is 8.72. The first-order chi connectivity index (χ1) is 10.7. The van der Waals surface area contributed by atoms with E-state index in [0.717, 1.165) is 31.6 Å². The van der Waals surface area contributed by atoms with E-state index in [1.807, 2.05) is 42.1 Å². The van der Waals surface area contributed by atoms with Crippen molar-refractivity contribution in [2.75, 3.05) is 32.6 Å². The van der Waals surface area contributed by atoms with Gasteiger partial charge in [-0.3, -0.25) is 0 Å². The number of carbonyl (C=O) groups excluding carboxylic acids is 1. The zero-order valence-corrected chi connectivity index (χ0v) is 13.7. The van der Waals surface area contributed by atoms with Gasteiger partial charge in [-0.05, 0) is 31.2 Å². The molecule has 118 valence electrons. The summed E-state index contributed by atoms with van der Waals surface area (Å²) in [5.41, 5.74) is 0.952. The molecule has 1 aromatic rings. The third-order valence-electron chi connectivity index (χ3n) is 3.75. The molecule has 22 heavy (non-hydrogen) atoms. The molecule has 0 spiro atoms. The molecule has 1 fully saturated rings. The highest BCUT2D eigenvalue weighted by molar-refractivity contribution is 8.00. The van der Waals surface area contributed by atoms with Crippen molar-refractivity contribution in [1.82, 2.24) is 10.6 Å². The molecule has 0 unspecified atom stereocenters. The van der Waals surface area contributed by atoms with Gasteiger partial charge in [-0.2, -0.15) is 11.8 Å². The third kappa shape index (κ3) is 5.28. The fourth-order valence-electron chi connectivity index (χ4n) is 2.29. The van der Waals surface area contributed by atoms with Crippen LogP contribution in [0.3, 0.4) is 0 Å². The van der Waals surface area contributed by atoms with Gasteiger partial charge in [0.2, 0.25) is 0 Å². The minimum Gasteiger partial charge on any atom is -0.381 e. The molecule has 0 aliphatic carbocycles. The number of thioether (sulfide) groups is 1. The van der Waals surface area contributed by atoms with E-state index >= 15 is 0 Å². The zero-order chi connectivity index (χ0) is 15.7. The van der Waals surface area contributed by atoms with E-state index in [1.54, 1.807) is 0 Å². The number of benzene rings is 1. The topological polar surface area (TPSA) is 50.4 Å². The van der Waals surface area contributed by atoms with E-state index in [2.05, 4.69) is 28.7 Å². The Balaban J connectivity index is 1.71. The van der Waals surface area contributed by atoms with Crippen molar-refractivity contribution in [3.05, 3.63) is 35.9 Å². The molecule has 5 heteroatoms. The number of nitrogens with one attached hydrogen (secondary N) is 2. The highest BCUT2D eigenvalue weighted by atomic mass is 32.2. The normalized spacial score (nSPS) is 16.2. The first kappa shape index (κ1) is 16.7. The Labute approximate surface area is 136 Å². The van der Waals surface area contributed by atoms with Gasteiger partial charge in [0.15, 0.2) is 0 Å². The van der Waals surface area contributed by atoms with Gasteiger partial charge in [-0.15, -0.1) is 0 Å². The second-order valence-corrected chi connectivity index (χ2v) is 6.48. The Morgan fingerprint density at radius 2 is 2.00 bits per heavy atom. The minimum absolute atomic E-state index is 0.102. The number of urea groups is 1. The fourth-order valence-corrected chi connectivity index (χ4v) is 3.08. The van der Waals surface area contributed by atoms with Gasteiger partial charge < -0.3 is 15.4 Å². The molecule has 1 saturated heterocycles. The largest absolute Gasteiger partial charge is 0.381 e. The number of hydrogen-bond donors (Lipinski definition) is 2. The van der Waals surface area contributed by atoms with Gasteiger partial charge in [0.25, 0.3) is 0 Å². The molecule has 4 nitrogen and oxygen atoms in total. The van der Waals surface area contributed by atoms with E-state index in [4.69, 9.17) is 4.74 Å². The van der Waals surface area contributed by atoms with Crippen LogP contribution in [0.2, 0.25) is 0 Å². The van der Waals surface area contributed by atoms with Crippen LogP contribution < -0.4 is 10.6 Å². The van der Waals surface area contributed by atoms with Gasteiger partial charge in [0.05, 0.1) is 6.54 Å². The van der Waals surface area contributed by atoms with Crippen molar-refractivity contribution in [2.45, 2.75) is 17.6 Å². The zero-order valence-electron chi connectivity index (χ0n) is 12.9. The Hall–Kier alpha value is -1.64. The Morgan fingerprint density at radius 1 is 1.27 bits per heavy atom. The number of rotatable bonds is 4. The van der Waals surface area contributed by atoms with Gasteiger partial charge in [-0.1, -0.05) is 30.0 Å². The maximum absolute atomic E-state index is 11.8. The van der Waals surface area contributed by atoms with Crippen LogP contribution in [0.5, 0.6) is 0 Å². The fraction of sp³-hybridized carbons (Fsp3) is 0.471. The molecule has 2 N–H and O–H groups in total. The Bertz CT molecular complexity index is 531. The van der Waals surface area contributed by atoms with E-state index in [0.29, 0.717) is 13.1 Å².